The predicted molar refractivity (Wildman–Crippen MR) is 71.3 cm³/mol. The van der Waals surface area contributed by atoms with Crippen molar-refractivity contribution in [2.75, 3.05) is 26.7 Å². The van der Waals surface area contributed by atoms with E-state index < -0.39 is 5.60 Å². The molecule has 1 aliphatic rings. The van der Waals surface area contributed by atoms with Gasteiger partial charge in [0.2, 0.25) is 0 Å². The maximum Gasteiger partial charge on any atom is 0.122 e. The fourth-order valence-electron chi connectivity index (χ4n) is 2.67. The zero-order valence-electron chi connectivity index (χ0n) is 11.4. The molecule has 0 aliphatic carbocycles. The number of nitrogens with one attached hydrogen (secondary N) is 1. The van der Waals surface area contributed by atoms with E-state index in [0.29, 0.717) is 13.1 Å². The van der Waals surface area contributed by atoms with Crippen molar-refractivity contribution in [3.8, 4) is 0 Å². The van der Waals surface area contributed by atoms with Crippen molar-refractivity contribution in [1.29, 1.82) is 0 Å². The lowest BCUT2D eigenvalue weighted by atomic mass is 9.94. The molecule has 102 valence electrons. The smallest absolute Gasteiger partial charge is 0.122 e. The molecule has 5 nitrogen and oxygen atoms in total. The van der Waals surface area contributed by atoms with Crippen molar-refractivity contribution < 1.29 is 5.11 Å². The maximum atomic E-state index is 10.5. The number of hydrogen-bond acceptors (Lipinski definition) is 4. The fourth-order valence-corrected chi connectivity index (χ4v) is 2.67. The van der Waals surface area contributed by atoms with Crippen LogP contribution >= 0.6 is 0 Å². The minimum absolute atomic E-state index is 0.587. The third-order valence-electron chi connectivity index (χ3n) is 3.57. The molecular weight excluding hydrogens is 228 g/mol. The minimum atomic E-state index is -0.587. The van der Waals surface area contributed by atoms with Gasteiger partial charge in [0.15, 0.2) is 0 Å². The van der Waals surface area contributed by atoms with E-state index in [4.69, 9.17) is 0 Å². The van der Waals surface area contributed by atoms with Gasteiger partial charge in [0.1, 0.15) is 5.82 Å². The standard InChI is InChI=1S/C13H24N4O/c1-3-17-8-7-15-12(17)9-16(2)11-13(18)5-4-6-14-10-13/h7-8,14,18H,3-6,9-11H2,1-2H3. The van der Waals surface area contributed by atoms with Crippen LogP contribution in [0.5, 0.6) is 0 Å². The van der Waals surface area contributed by atoms with Gasteiger partial charge in [-0.25, -0.2) is 4.98 Å². The SMILES string of the molecule is CCn1ccnc1CN(C)CC1(O)CCCNC1. The molecule has 0 bridgehead atoms. The molecule has 2 rings (SSSR count). The number of imidazole rings is 1. The quantitative estimate of drug-likeness (QED) is 0.799. The lowest BCUT2D eigenvalue weighted by Crippen LogP contribution is -2.52. The summed E-state index contributed by atoms with van der Waals surface area (Å²) in [4.78, 5) is 6.52. The zero-order chi connectivity index (χ0) is 13.0. The Balaban J connectivity index is 1.90. The normalized spacial score (nSPS) is 24.7. The van der Waals surface area contributed by atoms with E-state index in [2.05, 4.69) is 26.7 Å². The second-order valence-electron chi connectivity index (χ2n) is 5.31. The molecule has 18 heavy (non-hydrogen) atoms. The molecule has 5 heteroatoms. The molecule has 1 atom stereocenters. The molecule has 1 fully saturated rings. The van der Waals surface area contributed by atoms with Crippen LogP contribution in [-0.2, 0) is 13.1 Å². The highest BCUT2D eigenvalue weighted by Crippen LogP contribution is 2.17. The summed E-state index contributed by atoms with van der Waals surface area (Å²) in [7, 11) is 2.04. The number of β-amino-alcohol motifs (C(OH)–C–C–N with tert-alkyl or cyclic N) is 1. The molecule has 0 spiro atoms. The van der Waals surface area contributed by atoms with Crippen LogP contribution in [0.1, 0.15) is 25.6 Å². The highest BCUT2D eigenvalue weighted by atomic mass is 16.3. The van der Waals surface area contributed by atoms with Gasteiger partial charge in [-0.1, -0.05) is 0 Å². The molecule has 2 heterocycles. The number of likely N-dealkylation sites (N-methyl/N-ethyl adjacent to an activating group) is 1. The van der Waals surface area contributed by atoms with Crippen LogP contribution in [0.25, 0.3) is 0 Å². The van der Waals surface area contributed by atoms with E-state index in [0.717, 1.165) is 38.3 Å². The average molecular weight is 252 g/mol. The van der Waals surface area contributed by atoms with Crippen molar-refractivity contribution in [2.45, 2.75) is 38.5 Å². The summed E-state index contributed by atoms with van der Waals surface area (Å²) < 4.78 is 2.14. The van der Waals surface area contributed by atoms with Crippen molar-refractivity contribution in [3.05, 3.63) is 18.2 Å². The minimum Gasteiger partial charge on any atom is -0.387 e. The monoisotopic (exact) mass is 252 g/mol. The Morgan fingerprint density at radius 3 is 3.11 bits per heavy atom. The Bertz CT molecular complexity index is 371. The number of aromatic nitrogens is 2. The Labute approximate surface area is 109 Å². The van der Waals surface area contributed by atoms with E-state index in [1.807, 2.05) is 19.4 Å². The van der Waals surface area contributed by atoms with Crippen LogP contribution < -0.4 is 5.32 Å². The highest BCUT2D eigenvalue weighted by molar-refractivity contribution is 4.94. The number of aryl methyl sites for hydroxylation is 1. The van der Waals surface area contributed by atoms with E-state index in [1.54, 1.807) is 0 Å². The van der Waals surface area contributed by atoms with Crippen molar-refractivity contribution in [2.24, 2.45) is 0 Å². The summed E-state index contributed by atoms with van der Waals surface area (Å²) in [5.74, 6) is 1.06. The number of aliphatic hydroxyl groups is 1. The van der Waals surface area contributed by atoms with Crippen LogP contribution in [-0.4, -0.2) is 51.8 Å². The predicted octanol–water partition coefficient (Wildman–Crippen LogP) is 0.449. The van der Waals surface area contributed by atoms with Crippen molar-refractivity contribution in [1.82, 2.24) is 19.8 Å². The number of nitrogens with zero attached hydrogens (tertiary/aromatic N) is 3. The second kappa shape index (κ2) is 5.82. The van der Waals surface area contributed by atoms with E-state index in [-0.39, 0.29) is 0 Å². The Kier molecular flexibility index (Phi) is 4.37. The Hall–Kier alpha value is -0.910. The van der Waals surface area contributed by atoms with Gasteiger partial charge in [-0.2, -0.15) is 0 Å². The summed E-state index contributed by atoms with van der Waals surface area (Å²) in [5.41, 5.74) is -0.587. The average Bonchev–Trinajstić information content (AvgIpc) is 2.76. The molecule has 0 radical (unpaired) electrons. The zero-order valence-corrected chi connectivity index (χ0v) is 11.4. The summed E-state index contributed by atoms with van der Waals surface area (Å²) in [6.45, 7) is 6.24. The first-order chi connectivity index (χ1) is 8.63. The molecule has 1 aliphatic heterocycles. The van der Waals surface area contributed by atoms with Crippen LogP contribution in [0.2, 0.25) is 0 Å². The number of piperidine rings is 1. The lowest BCUT2D eigenvalue weighted by molar-refractivity contribution is -0.0118. The van der Waals surface area contributed by atoms with Crippen molar-refractivity contribution >= 4 is 0 Å². The molecule has 0 saturated carbocycles. The maximum absolute atomic E-state index is 10.5. The first-order valence-corrected chi connectivity index (χ1v) is 6.74. The van der Waals surface area contributed by atoms with Gasteiger partial charge >= 0.3 is 0 Å². The molecule has 0 aromatic carbocycles. The van der Waals surface area contributed by atoms with Crippen LogP contribution in [0.15, 0.2) is 12.4 Å². The molecule has 1 saturated heterocycles. The topological polar surface area (TPSA) is 53.3 Å². The first-order valence-electron chi connectivity index (χ1n) is 6.74. The Morgan fingerprint density at radius 2 is 2.44 bits per heavy atom. The number of rotatable bonds is 5. The highest BCUT2D eigenvalue weighted by Gasteiger charge is 2.30. The van der Waals surface area contributed by atoms with Crippen LogP contribution in [0, 0.1) is 0 Å². The van der Waals surface area contributed by atoms with Gasteiger partial charge < -0.3 is 15.0 Å². The van der Waals surface area contributed by atoms with Crippen molar-refractivity contribution in [3.63, 3.8) is 0 Å². The van der Waals surface area contributed by atoms with Gasteiger partial charge in [0, 0.05) is 32.0 Å². The molecule has 1 aromatic rings. The van der Waals surface area contributed by atoms with Crippen LogP contribution in [0.3, 0.4) is 0 Å². The summed E-state index contributed by atoms with van der Waals surface area (Å²) in [6.07, 6.45) is 5.77. The summed E-state index contributed by atoms with van der Waals surface area (Å²) in [5, 5.41) is 13.7. The first kappa shape index (κ1) is 13.5. The molecule has 2 N–H and O–H groups in total. The van der Waals surface area contributed by atoms with Gasteiger partial charge in [0.25, 0.3) is 0 Å². The fraction of sp³-hybridized carbons (Fsp3) is 0.769. The van der Waals surface area contributed by atoms with Gasteiger partial charge in [-0.3, -0.25) is 4.90 Å². The van der Waals surface area contributed by atoms with Gasteiger partial charge in [0.05, 0.1) is 12.1 Å². The molecular formula is C13H24N4O. The Morgan fingerprint density at radius 1 is 1.61 bits per heavy atom. The summed E-state index contributed by atoms with van der Waals surface area (Å²) >= 11 is 0. The largest absolute Gasteiger partial charge is 0.387 e. The number of hydrogen-bond donors (Lipinski definition) is 2. The molecule has 1 unspecified atom stereocenters. The molecule has 1 aromatic heterocycles. The van der Waals surface area contributed by atoms with E-state index in [9.17, 15) is 5.11 Å². The van der Waals surface area contributed by atoms with Gasteiger partial charge in [-0.05, 0) is 33.4 Å². The lowest BCUT2D eigenvalue weighted by Gasteiger charge is -2.35. The van der Waals surface area contributed by atoms with Crippen LogP contribution in [0.4, 0.5) is 0 Å². The second-order valence-corrected chi connectivity index (χ2v) is 5.31. The van der Waals surface area contributed by atoms with E-state index >= 15 is 0 Å². The van der Waals surface area contributed by atoms with Gasteiger partial charge in [-0.15, -0.1) is 0 Å². The molecule has 0 amide bonds. The van der Waals surface area contributed by atoms with E-state index in [1.165, 1.54) is 0 Å². The summed E-state index contributed by atoms with van der Waals surface area (Å²) in [6, 6.07) is 0. The third-order valence-corrected chi connectivity index (χ3v) is 3.57. The third kappa shape index (κ3) is 3.31.